The average Bonchev–Trinajstić information content (AvgIpc) is 3.42. The van der Waals surface area contributed by atoms with Crippen LogP contribution in [0.4, 0.5) is 9.59 Å². The number of hydrogen-bond donors (Lipinski definition) is 4. The lowest BCUT2D eigenvalue weighted by Gasteiger charge is -2.20. The molecule has 4 aliphatic rings. The Morgan fingerprint density at radius 2 is 1.30 bits per heavy atom. The van der Waals surface area contributed by atoms with E-state index < -0.39 is 29.0 Å². The van der Waals surface area contributed by atoms with Gasteiger partial charge in [0.25, 0.3) is 11.8 Å². The van der Waals surface area contributed by atoms with Crippen molar-refractivity contribution in [2.24, 2.45) is 0 Å². The fraction of sp³-hybridized carbons (Fsp3) is 0.227. The molecule has 2 spiro atoms. The van der Waals surface area contributed by atoms with Crippen LogP contribution < -0.4 is 21.3 Å². The molecule has 0 bridgehead atoms. The Balaban J connectivity index is 0.000000139. The maximum Gasteiger partial charge on any atom is 0.322 e. The van der Waals surface area contributed by atoms with Crippen molar-refractivity contribution in [2.75, 3.05) is 0 Å². The number of benzene rings is 2. The van der Waals surface area contributed by atoms with Gasteiger partial charge in [-0.25, -0.2) is 9.59 Å². The molecule has 6 rings (SSSR count). The van der Waals surface area contributed by atoms with Crippen molar-refractivity contribution in [3.05, 3.63) is 67.6 Å². The normalized spacial score (nSPS) is 26.4. The van der Waals surface area contributed by atoms with Crippen LogP contribution in [-0.4, -0.2) is 29.7 Å². The number of hydrogen-bond acceptors (Lipinski definition) is 5. The van der Waals surface area contributed by atoms with Crippen LogP contribution in [0.5, 0.6) is 0 Å². The molecule has 2 aliphatic heterocycles. The van der Waals surface area contributed by atoms with Crippen molar-refractivity contribution >= 4 is 61.5 Å². The zero-order valence-corrected chi connectivity index (χ0v) is 20.1. The highest BCUT2D eigenvalue weighted by atomic mass is 79.9. The summed E-state index contributed by atoms with van der Waals surface area (Å²) < 4.78 is 1.76. The fourth-order valence-corrected chi connectivity index (χ4v) is 5.63. The van der Waals surface area contributed by atoms with Gasteiger partial charge in [0.1, 0.15) is 5.54 Å². The summed E-state index contributed by atoms with van der Waals surface area (Å²) in [6.45, 7) is 0. The van der Waals surface area contributed by atoms with Gasteiger partial charge in [-0.1, -0.05) is 44.0 Å². The molecular weight excluding hydrogens is 560 g/mol. The lowest BCUT2D eigenvalue weighted by atomic mass is 9.92. The van der Waals surface area contributed by atoms with Gasteiger partial charge in [0, 0.05) is 20.9 Å². The molecule has 2 unspecified atom stereocenters. The van der Waals surface area contributed by atoms with Crippen molar-refractivity contribution < 1.29 is 24.0 Å². The smallest absolute Gasteiger partial charge is 0.319 e. The van der Waals surface area contributed by atoms with Crippen LogP contribution in [0, 0.1) is 0 Å². The van der Waals surface area contributed by atoms with Crippen LogP contribution in [0.2, 0.25) is 0 Å². The number of nitrogens with one attached hydrogen (secondary N) is 4. The first kappa shape index (κ1) is 21.8. The molecule has 11 heteroatoms. The maximum atomic E-state index is 11.9. The summed E-state index contributed by atoms with van der Waals surface area (Å²) in [4.78, 5) is 58.0. The highest BCUT2D eigenvalue weighted by Gasteiger charge is 2.54. The number of rotatable bonds is 0. The minimum atomic E-state index is -1.20. The molecule has 0 aromatic heterocycles. The molecule has 2 saturated heterocycles. The predicted molar refractivity (Wildman–Crippen MR) is 122 cm³/mol. The molecule has 9 nitrogen and oxygen atoms in total. The lowest BCUT2D eigenvalue weighted by molar-refractivity contribution is -0.124. The first-order valence-electron chi connectivity index (χ1n) is 10.0. The lowest BCUT2D eigenvalue weighted by Crippen LogP contribution is -2.41. The summed E-state index contributed by atoms with van der Waals surface area (Å²) in [6, 6.07) is 9.94. The first-order chi connectivity index (χ1) is 15.6. The molecular formula is C22H16Br2N4O5. The Labute approximate surface area is 204 Å². The van der Waals surface area contributed by atoms with Crippen molar-refractivity contribution in [1.29, 1.82) is 0 Å². The third-order valence-electron chi connectivity index (χ3n) is 6.35. The Kier molecular flexibility index (Phi) is 4.94. The van der Waals surface area contributed by atoms with Crippen molar-refractivity contribution in [3.63, 3.8) is 0 Å². The number of aryl methyl sites for hydroxylation is 1. The second kappa shape index (κ2) is 7.49. The number of amides is 6. The molecule has 0 radical (unpaired) electrons. The van der Waals surface area contributed by atoms with Crippen LogP contribution in [0.15, 0.2) is 45.3 Å². The van der Waals surface area contributed by atoms with Crippen molar-refractivity contribution in [3.8, 4) is 0 Å². The topological polar surface area (TPSA) is 133 Å². The molecule has 2 aliphatic carbocycles. The zero-order valence-electron chi connectivity index (χ0n) is 16.9. The monoisotopic (exact) mass is 574 g/mol. The Morgan fingerprint density at radius 3 is 1.91 bits per heavy atom. The van der Waals surface area contributed by atoms with Crippen LogP contribution in [0.3, 0.4) is 0 Å². The van der Waals surface area contributed by atoms with Gasteiger partial charge in [-0.2, -0.15) is 0 Å². The van der Waals surface area contributed by atoms with E-state index in [-0.39, 0.29) is 18.1 Å². The van der Waals surface area contributed by atoms with Crippen LogP contribution in [-0.2, 0) is 27.1 Å². The maximum absolute atomic E-state index is 11.9. The van der Waals surface area contributed by atoms with E-state index in [1.807, 2.05) is 18.2 Å². The van der Waals surface area contributed by atoms with Gasteiger partial charge < -0.3 is 10.6 Å². The quantitative estimate of drug-likeness (QED) is 0.358. The summed E-state index contributed by atoms with van der Waals surface area (Å²) in [5, 5.41) is 9.77. The Morgan fingerprint density at radius 1 is 0.727 bits per heavy atom. The first-order valence-corrected chi connectivity index (χ1v) is 11.6. The summed E-state index contributed by atoms with van der Waals surface area (Å²) >= 11 is 6.68. The third-order valence-corrected chi connectivity index (χ3v) is 7.33. The zero-order chi connectivity index (χ0) is 23.5. The predicted octanol–water partition coefficient (Wildman–Crippen LogP) is 2.50. The number of halogens is 2. The number of fused-ring (bicyclic) bond motifs is 4. The van der Waals surface area contributed by atoms with Gasteiger partial charge in [-0.15, -0.1) is 0 Å². The van der Waals surface area contributed by atoms with Crippen molar-refractivity contribution in [1.82, 2.24) is 21.3 Å². The van der Waals surface area contributed by atoms with E-state index in [0.717, 1.165) is 26.5 Å². The molecule has 0 saturated carbocycles. The molecule has 6 amide bonds. The second-order valence-corrected chi connectivity index (χ2v) is 10.0. The number of urea groups is 2. The van der Waals surface area contributed by atoms with Crippen LogP contribution in [0.25, 0.3) is 0 Å². The van der Waals surface area contributed by atoms with Gasteiger partial charge in [0.15, 0.2) is 11.3 Å². The molecule has 2 aromatic carbocycles. The van der Waals surface area contributed by atoms with E-state index in [1.54, 1.807) is 18.2 Å². The number of imide groups is 2. The third kappa shape index (κ3) is 3.29. The summed E-state index contributed by atoms with van der Waals surface area (Å²) in [6.07, 6.45) is 1.43. The van der Waals surface area contributed by atoms with Gasteiger partial charge in [-0.05, 0) is 53.8 Å². The largest absolute Gasteiger partial charge is 0.322 e. The summed E-state index contributed by atoms with van der Waals surface area (Å²) in [7, 11) is 0. The number of carbonyl (C=O) groups excluding carboxylic acids is 5. The SMILES string of the molecule is O=C1NC(=O)C2(CC(=O)c3cc(Br)ccc32)N1.O=C1NC(=O)C2(CCc3cc(Br)ccc32)N1. The van der Waals surface area contributed by atoms with Crippen molar-refractivity contribution in [2.45, 2.75) is 30.3 Å². The molecule has 2 heterocycles. The van der Waals surface area contributed by atoms with E-state index in [4.69, 9.17) is 0 Å². The molecule has 168 valence electrons. The van der Waals surface area contributed by atoms with Gasteiger partial charge in [0.05, 0.1) is 0 Å². The minimum Gasteiger partial charge on any atom is -0.319 e. The molecule has 2 atom stereocenters. The van der Waals surface area contributed by atoms with E-state index in [9.17, 15) is 24.0 Å². The second-order valence-electron chi connectivity index (χ2n) is 8.22. The number of ketones is 1. The number of carbonyl (C=O) groups is 5. The molecule has 33 heavy (non-hydrogen) atoms. The Bertz CT molecular complexity index is 1300. The number of Topliss-reactive ketones (excluding diaryl/α,β-unsaturated/α-hetero) is 1. The van der Waals surface area contributed by atoms with Gasteiger partial charge in [-0.3, -0.25) is 25.0 Å². The highest BCUT2D eigenvalue weighted by molar-refractivity contribution is 9.10. The molecule has 2 aromatic rings. The summed E-state index contributed by atoms with van der Waals surface area (Å²) in [5.41, 5.74) is 1.05. The van der Waals surface area contributed by atoms with E-state index in [0.29, 0.717) is 17.5 Å². The van der Waals surface area contributed by atoms with Crippen LogP contribution in [0.1, 0.15) is 39.9 Å². The summed E-state index contributed by atoms with van der Waals surface area (Å²) in [5.74, 6) is -0.839. The fourth-order valence-electron chi connectivity index (χ4n) is 4.86. The van der Waals surface area contributed by atoms with E-state index >= 15 is 0 Å². The Hall–Kier alpha value is -3.05. The average molecular weight is 576 g/mol. The van der Waals surface area contributed by atoms with Gasteiger partial charge in [0.2, 0.25) is 0 Å². The van der Waals surface area contributed by atoms with Crippen LogP contribution >= 0.6 is 31.9 Å². The molecule has 4 N–H and O–H groups in total. The van der Waals surface area contributed by atoms with E-state index in [2.05, 4.69) is 53.1 Å². The highest BCUT2D eigenvalue weighted by Crippen LogP contribution is 2.41. The molecule has 2 fully saturated rings. The van der Waals surface area contributed by atoms with E-state index in [1.165, 1.54) is 0 Å². The van der Waals surface area contributed by atoms with Gasteiger partial charge >= 0.3 is 12.1 Å². The minimum absolute atomic E-state index is 0.0175. The standard InChI is InChI=1S/C11H7BrN2O3.C11H9BrN2O2/c12-5-1-2-7-6(3-5)8(15)4-11(7)9(16)13-10(17)14-11;12-7-1-2-8-6(5-7)3-4-11(8)9(15)13-10(16)14-11/h1-3H,4H2,(H2,13,14,16,17);1-2,5H,3-4H2,(H2,13,14,15,16).